The minimum atomic E-state index is -2.74. The first-order chi connectivity index (χ1) is 18.5. The highest BCUT2D eigenvalue weighted by Gasteiger charge is 2.40. The Balaban J connectivity index is 0.000000349. The summed E-state index contributed by atoms with van der Waals surface area (Å²) in [4.78, 5) is 41.8. The van der Waals surface area contributed by atoms with Crippen molar-refractivity contribution in [1.82, 2.24) is 14.9 Å². The molecule has 0 aliphatic rings. The molecule has 0 unspecified atom stereocenters. The van der Waals surface area contributed by atoms with E-state index < -0.39 is 36.4 Å². The Morgan fingerprint density at radius 2 is 1.62 bits per heavy atom. The maximum atomic E-state index is 10.3. The molecule has 2 heterocycles. The van der Waals surface area contributed by atoms with Crippen molar-refractivity contribution in [1.29, 1.82) is 0 Å². The number of hydrogen-bond donors (Lipinski definition) is 4. The van der Waals surface area contributed by atoms with Crippen LogP contribution in [-0.4, -0.2) is 78.1 Å². The summed E-state index contributed by atoms with van der Waals surface area (Å²) < 4.78 is 5.70. The first-order valence-electron chi connectivity index (χ1n) is 12.5. The Hall–Kier alpha value is -3.93. The van der Waals surface area contributed by atoms with Crippen molar-refractivity contribution in [3.8, 4) is 0 Å². The smallest absolute Gasteiger partial charge is 0.336 e. The molecule has 0 amide bonds. The second-order valence-electron chi connectivity index (χ2n) is 9.31. The first-order valence-corrected chi connectivity index (χ1v) is 12.5. The third kappa shape index (κ3) is 11.6. The number of nitrogens with zero attached hydrogens (tertiary/aromatic N) is 3. The summed E-state index contributed by atoms with van der Waals surface area (Å²) in [6.07, 6.45) is 2.71. The van der Waals surface area contributed by atoms with Gasteiger partial charge in [-0.1, -0.05) is 18.2 Å². The monoisotopic (exact) mass is 541 g/mol. The van der Waals surface area contributed by atoms with Gasteiger partial charge in [0.15, 0.2) is 5.60 Å². The fourth-order valence-corrected chi connectivity index (χ4v) is 3.74. The van der Waals surface area contributed by atoms with Gasteiger partial charge in [0.2, 0.25) is 0 Å². The third-order valence-corrected chi connectivity index (χ3v) is 5.54. The maximum absolute atomic E-state index is 10.3. The zero-order valence-electron chi connectivity index (χ0n) is 22.1. The van der Waals surface area contributed by atoms with Crippen LogP contribution in [0.25, 0.3) is 10.9 Å². The van der Waals surface area contributed by atoms with Gasteiger partial charge in [-0.15, -0.1) is 0 Å². The number of aliphatic hydroxyl groups is 1. The first kappa shape index (κ1) is 31.3. The molecular weight excluding hydrogens is 506 g/mol. The van der Waals surface area contributed by atoms with Gasteiger partial charge in [-0.25, -0.2) is 4.79 Å². The molecule has 0 spiro atoms. The molecule has 0 saturated heterocycles. The molecule has 0 aliphatic heterocycles. The normalized spacial score (nSPS) is 11.3. The standard InChI is InChI=1S/C22H27N3O.C6H8O7/c1-18(2)26-14-6-13-25(17-21-8-3-4-11-23-21)16-19-9-10-22-20(15-19)7-5-12-24-22;7-3(8)1-6(13,5(11)12)2-4(9)10/h3-5,7-12,15,18H,6,13-14,16-17H2,1-2H3;13H,1-2H2,(H,7,8)(H,9,10)(H,11,12). The summed E-state index contributed by atoms with van der Waals surface area (Å²) in [5.41, 5.74) is 0.696. The van der Waals surface area contributed by atoms with Crippen LogP contribution in [0, 0.1) is 0 Å². The van der Waals surface area contributed by atoms with E-state index >= 15 is 0 Å². The number of aromatic nitrogens is 2. The van der Waals surface area contributed by atoms with E-state index in [1.54, 1.807) is 0 Å². The Kier molecular flexibility index (Phi) is 12.4. The van der Waals surface area contributed by atoms with Crippen LogP contribution in [0.2, 0.25) is 0 Å². The molecule has 0 atom stereocenters. The number of ether oxygens (including phenoxy) is 1. The Bertz CT molecular complexity index is 1200. The van der Waals surface area contributed by atoms with Crippen molar-refractivity contribution in [3.05, 3.63) is 72.2 Å². The van der Waals surface area contributed by atoms with Crippen LogP contribution in [0.1, 0.15) is 44.4 Å². The summed E-state index contributed by atoms with van der Waals surface area (Å²) >= 11 is 0. The maximum Gasteiger partial charge on any atom is 0.336 e. The number of benzene rings is 1. The molecule has 0 aliphatic carbocycles. The second-order valence-corrected chi connectivity index (χ2v) is 9.31. The lowest BCUT2D eigenvalue weighted by molar-refractivity contribution is -0.170. The number of pyridine rings is 2. The lowest BCUT2D eigenvalue weighted by Crippen LogP contribution is -2.42. The van der Waals surface area contributed by atoms with E-state index in [1.807, 2.05) is 30.6 Å². The number of carbonyl (C=O) groups is 3. The van der Waals surface area contributed by atoms with Gasteiger partial charge in [0.25, 0.3) is 0 Å². The molecular formula is C28H35N3O8. The van der Waals surface area contributed by atoms with Gasteiger partial charge in [-0.3, -0.25) is 24.5 Å². The fraction of sp³-hybridized carbons (Fsp3) is 0.393. The van der Waals surface area contributed by atoms with Crippen molar-refractivity contribution in [2.24, 2.45) is 0 Å². The highest BCUT2D eigenvalue weighted by Crippen LogP contribution is 2.17. The lowest BCUT2D eigenvalue weighted by Gasteiger charge is -2.22. The minimum Gasteiger partial charge on any atom is -0.481 e. The molecule has 0 bridgehead atoms. The number of rotatable bonds is 14. The topological polar surface area (TPSA) is 170 Å². The number of carboxylic acids is 3. The molecule has 1 aromatic carbocycles. The van der Waals surface area contributed by atoms with Crippen LogP contribution in [0.15, 0.2) is 60.9 Å². The summed E-state index contributed by atoms with van der Waals surface area (Å²) in [7, 11) is 0. The van der Waals surface area contributed by atoms with Crippen LogP contribution in [-0.2, 0) is 32.2 Å². The summed E-state index contributed by atoms with van der Waals surface area (Å²) in [5, 5.41) is 35.0. The minimum absolute atomic E-state index is 0.284. The predicted octanol–water partition coefficient (Wildman–Crippen LogP) is 3.20. The largest absolute Gasteiger partial charge is 0.481 e. The van der Waals surface area contributed by atoms with Gasteiger partial charge in [-0.05, 0) is 56.2 Å². The molecule has 11 heteroatoms. The van der Waals surface area contributed by atoms with E-state index in [0.29, 0.717) is 0 Å². The van der Waals surface area contributed by atoms with Crippen LogP contribution in [0.3, 0.4) is 0 Å². The van der Waals surface area contributed by atoms with Crippen molar-refractivity contribution < 1.29 is 39.5 Å². The number of hydrogen-bond acceptors (Lipinski definition) is 8. The molecule has 3 aromatic rings. The van der Waals surface area contributed by atoms with Crippen LogP contribution < -0.4 is 0 Å². The van der Waals surface area contributed by atoms with E-state index in [4.69, 9.17) is 25.2 Å². The van der Waals surface area contributed by atoms with Crippen molar-refractivity contribution in [2.75, 3.05) is 13.2 Å². The highest BCUT2D eigenvalue weighted by atomic mass is 16.5. The van der Waals surface area contributed by atoms with Crippen LogP contribution in [0.5, 0.6) is 0 Å². The quantitative estimate of drug-likeness (QED) is 0.221. The molecule has 3 rings (SSSR count). The molecule has 0 radical (unpaired) electrons. The second kappa shape index (κ2) is 15.5. The van der Waals surface area contributed by atoms with Crippen LogP contribution in [0.4, 0.5) is 0 Å². The zero-order chi connectivity index (χ0) is 28.8. The number of carboxylic acid groups (broad SMARTS) is 3. The molecule has 210 valence electrons. The summed E-state index contributed by atoms with van der Waals surface area (Å²) in [5.74, 6) is -5.02. The van der Waals surface area contributed by atoms with Gasteiger partial charge in [0.1, 0.15) is 0 Å². The van der Waals surface area contributed by atoms with E-state index in [2.05, 4.69) is 59.0 Å². The number of aliphatic carboxylic acids is 3. The van der Waals surface area contributed by atoms with Crippen molar-refractivity contribution >= 4 is 28.8 Å². The average molecular weight is 542 g/mol. The van der Waals surface area contributed by atoms with E-state index in [1.165, 1.54) is 10.9 Å². The molecule has 0 fully saturated rings. The van der Waals surface area contributed by atoms with Gasteiger partial charge in [0, 0.05) is 44.0 Å². The molecule has 11 nitrogen and oxygen atoms in total. The Morgan fingerprint density at radius 1 is 0.923 bits per heavy atom. The van der Waals surface area contributed by atoms with E-state index in [-0.39, 0.29) is 6.10 Å². The van der Waals surface area contributed by atoms with Gasteiger partial charge in [0.05, 0.1) is 30.2 Å². The van der Waals surface area contributed by atoms with Crippen LogP contribution >= 0.6 is 0 Å². The van der Waals surface area contributed by atoms with Gasteiger partial charge >= 0.3 is 17.9 Å². The molecule has 0 saturated carbocycles. The lowest BCUT2D eigenvalue weighted by atomic mass is 9.96. The summed E-state index contributed by atoms with van der Waals surface area (Å²) in [6, 6.07) is 16.7. The molecule has 4 N–H and O–H groups in total. The fourth-order valence-electron chi connectivity index (χ4n) is 3.74. The summed E-state index contributed by atoms with van der Waals surface area (Å²) in [6.45, 7) is 7.66. The highest BCUT2D eigenvalue weighted by molar-refractivity contribution is 5.88. The Morgan fingerprint density at radius 3 is 2.21 bits per heavy atom. The molecule has 39 heavy (non-hydrogen) atoms. The Labute approximate surface area is 226 Å². The van der Waals surface area contributed by atoms with Crippen molar-refractivity contribution in [2.45, 2.75) is 57.9 Å². The zero-order valence-corrected chi connectivity index (χ0v) is 22.1. The molecule has 2 aromatic heterocycles. The van der Waals surface area contributed by atoms with Crippen molar-refractivity contribution in [3.63, 3.8) is 0 Å². The van der Waals surface area contributed by atoms with E-state index in [9.17, 15) is 14.4 Å². The predicted molar refractivity (Wildman–Crippen MR) is 143 cm³/mol. The van der Waals surface area contributed by atoms with E-state index in [0.717, 1.165) is 43.9 Å². The third-order valence-electron chi connectivity index (χ3n) is 5.54. The van der Waals surface area contributed by atoms with Gasteiger partial charge in [-0.2, -0.15) is 0 Å². The SMILES string of the molecule is CC(C)OCCCN(Cc1ccc2ncccc2c1)Cc1ccccn1.O=C(O)CC(O)(CC(=O)O)C(=O)O. The van der Waals surface area contributed by atoms with Gasteiger partial charge < -0.3 is 25.2 Å². The number of fused-ring (bicyclic) bond motifs is 1. The average Bonchev–Trinajstić information content (AvgIpc) is 2.86.